The maximum atomic E-state index is 11.5. The summed E-state index contributed by atoms with van der Waals surface area (Å²) in [5, 5.41) is 10.1. The fraction of sp³-hybridized carbons (Fsp3) is 0.500. The standard InChI is InChI=1S/C14H18ClNO2/c1-4-16-8-9(14(2,3)13(17)18)12-10(15)6-5-7-11(12)16/h5-7,9H,4,8H2,1-3H3,(H,17,18). The lowest BCUT2D eigenvalue weighted by molar-refractivity contribution is -0.148. The van der Waals surface area contributed by atoms with Crippen LogP contribution >= 0.6 is 11.6 Å². The van der Waals surface area contributed by atoms with Gasteiger partial charge in [0, 0.05) is 35.3 Å². The number of benzene rings is 1. The summed E-state index contributed by atoms with van der Waals surface area (Å²) in [6.07, 6.45) is 0. The van der Waals surface area contributed by atoms with Crippen molar-refractivity contribution in [1.29, 1.82) is 0 Å². The van der Waals surface area contributed by atoms with E-state index in [2.05, 4.69) is 11.8 Å². The number of halogens is 1. The molecule has 1 aromatic carbocycles. The molecule has 0 saturated carbocycles. The lowest BCUT2D eigenvalue weighted by Crippen LogP contribution is -2.34. The van der Waals surface area contributed by atoms with Gasteiger partial charge in [-0.15, -0.1) is 0 Å². The Labute approximate surface area is 112 Å². The number of aliphatic carboxylic acids is 1. The van der Waals surface area contributed by atoms with Crippen LogP contribution in [0.4, 0.5) is 5.69 Å². The molecule has 0 aliphatic carbocycles. The maximum absolute atomic E-state index is 11.5. The fourth-order valence-electron chi connectivity index (χ4n) is 2.59. The summed E-state index contributed by atoms with van der Waals surface area (Å²) in [5.41, 5.74) is 1.24. The second kappa shape index (κ2) is 4.47. The van der Waals surface area contributed by atoms with E-state index in [1.54, 1.807) is 13.8 Å². The van der Waals surface area contributed by atoms with Crippen molar-refractivity contribution in [2.45, 2.75) is 26.7 Å². The minimum Gasteiger partial charge on any atom is -0.481 e. The van der Waals surface area contributed by atoms with Crippen molar-refractivity contribution in [2.24, 2.45) is 5.41 Å². The zero-order valence-corrected chi connectivity index (χ0v) is 11.7. The van der Waals surface area contributed by atoms with Crippen LogP contribution in [0.3, 0.4) is 0 Å². The van der Waals surface area contributed by atoms with E-state index < -0.39 is 11.4 Å². The number of carboxylic acid groups (broad SMARTS) is 1. The van der Waals surface area contributed by atoms with Gasteiger partial charge in [0.25, 0.3) is 0 Å². The molecule has 0 aromatic heterocycles. The molecule has 0 amide bonds. The highest BCUT2D eigenvalue weighted by Crippen LogP contribution is 2.48. The minimum atomic E-state index is -0.816. The van der Waals surface area contributed by atoms with Gasteiger partial charge in [0.15, 0.2) is 0 Å². The molecule has 1 heterocycles. The molecule has 98 valence electrons. The molecule has 1 unspecified atom stereocenters. The Morgan fingerprint density at radius 3 is 2.78 bits per heavy atom. The number of carbonyl (C=O) groups is 1. The number of anilines is 1. The van der Waals surface area contributed by atoms with E-state index in [0.29, 0.717) is 5.02 Å². The summed E-state index contributed by atoms with van der Waals surface area (Å²) >= 11 is 6.28. The predicted octanol–water partition coefficient (Wildman–Crippen LogP) is 3.37. The van der Waals surface area contributed by atoms with Gasteiger partial charge in [-0.1, -0.05) is 17.7 Å². The number of nitrogens with zero attached hydrogens (tertiary/aromatic N) is 1. The van der Waals surface area contributed by atoms with Crippen molar-refractivity contribution < 1.29 is 9.90 Å². The van der Waals surface area contributed by atoms with E-state index in [4.69, 9.17) is 11.6 Å². The average Bonchev–Trinajstić information content (AvgIpc) is 2.69. The Morgan fingerprint density at radius 2 is 2.22 bits per heavy atom. The van der Waals surface area contributed by atoms with Gasteiger partial charge in [-0.3, -0.25) is 4.79 Å². The van der Waals surface area contributed by atoms with Gasteiger partial charge in [-0.05, 0) is 32.9 Å². The molecule has 0 fully saturated rings. The van der Waals surface area contributed by atoms with Crippen molar-refractivity contribution >= 4 is 23.3 Å². The van der Waals surface area contributed by atoms with E-state index in [-0.39, 0.29) is 5.92 Å². The van der Waals surface area contributed by atoms with Gasteiger partial charge >= 0.3 is 5.97 Å². The van der Waals surface area contributed by atoms with Crippen molar-refractivity contribution in [2.75, 3.05) is 18.0 Å². The first-order chi connectivity index (χ1) is 8.39. The monoisotopic (exact) mass is 267 g/mol. The maximum Gasteiger partial charge on any atom is 0.309 e. The van der Waals surface area contributed by atoms with Crippen molar-refractivity contribution in [3.05, 3.63) is 28.8 Å². The van der Waals surface area contributed by atoms with Crippen LogP contribution in [0.1, 0.15) is 32.3 Å². The number of rotatable bonds is 3. The molecule has 1 aliphatic rings. The summed E-state index contributed by atoms with van der Waals surface area (Å²) in [6, 6.07) is 5.77. The molecule has 0 bridgehead atoms. The van der Waals surface area contributed by atoms with Crippen LogP contribution in [-0.2, 0) is 4.79 Å². The van der Waals surface area contributed by atoms with Gasteiger partial charge in [0.05, 0.1) is 5.41 Å². The largest absolute Gasteiger partial charge is 0.481 e. The quantitative estimate of drug-likeness (QED) is 0.913. The van der Waals surface area contributed by atoms with E-state index in [1.807, 2.05) is 18.2 Å². The van der Waals surface area contributed by atoms with Crippen LogP contribution in [0.25, 0.3) is 0 Å². The van der Waals surface area contributed by atoms with Gasteiger partial charge in [-0.25, -0.2) is 0 Å². The number of hydrogen-bond acceptors (Lipinski definition) is 2. The van der Waals surface area contributed by atoms with Crippen molar-refractivity contribution in [3.8, 4) is 0 Å². The molecule has 0 radical (unpaired) electrons. The molecule has 0 spiro atoms. The van der Waals surface area contributed by atoms with Crippen molar-refractivity contribution in [1.82, 2.24) is 0 Å². The first-order valence-corrected chi connectivity index (χ1v) is 6.54. The highest BCUT2D eigenvalue weighted by molar-refractivity contribution is 6.32. The molecule has 2 rings (SSSR count). The topological polar surface area (TPSA) is 40.5 Å². The summed E-state index contributed by atoms with van der Waals surface area (Å²) in [5.74, 6) is -0.852. The van der Waals surface area contributed by atoms with Crippen LogP contribution in [-0.4, -0.2) is 24.2 Å². The molecule has 4 heteroatoms. The number of likely N-dealkylation sites (N-methyl/N-ethyl adjacent to an activating group) is 1. The first-order valence-electron chi connectivity index (χ1n) is 6.16. The van der Waals surface area contributed by atoms with Gasteiger partial charge in [-0.2, -0.15) is 0 Å². The minimum absolute atomic E-state index is 0.0707. The van der Waals surface area contributed by atoms with E-state index in [1.165, 1.54) is 0 Å². The molecule has 18 heavy (non-hydrogen) atoms. The average molecular weight is 268 g/mol. The highest BCUT2D eigenvalue weighted by atomic mass is 35.5. The van der Waals surface area contributed by atoms with Gasteiger partial charge < -0.3 is 10.0 Å². The number of carboxylic acids is 1. The van der Waals surface area contributed by atoms with E-state index in [9.17, 15) is 9.90 Å². The van der Waals surface area contributed by atoms with E-state index >= 15 is 0 Å². The fourth-order valence-corrected chi connectivity index (χ4v) is 2.90. The van der Waals surface area contributed by atoms with Crippen molar-refractivity contribution in [3.63, 3.8) is 0 Å². The summed E-state index contributed by atoms with van der Waals surface area (Å²) < 4.78 is 0. The van der Waals surface area contributed by atoms with Crippen LogP contribution in [0.15, 0.2) is 18.2 Å². The predicted molar refractivity (Wildman–Crippen MR) is 73.5 cm³/mol. The Hall–Kier alpha value is -1.22. The first kappa shape index (κ1) is 13.2. The smallest absolute Gasteiger partial charge is 0.309 e. The summed E-state index contributed by atoms with van der Waals surface area (Å²) in [4.78, 5) is 13.7. The summed E-state index contributed by atoms with van der Waals surface area (Å²) in [7, 11) is 0. The molecular weight excluding hydrogens is 250 g/mol. The van der Waals surface area contributed by atoms with Crippen LogP contribution < -0.4 is 4.90 Å². The molecular formula is C14H18ClNO2. The third kappa shape index (κ3) is 1.87. The third-order valence-corrected chi connectivity index (χ3v) is 4.26. The Bertz CT molecular complexity index is 485. The SMILES string of the molecule is CCN1CC(C(C)(C)C(=O)O)c2c(Cl)cccc21. The normalized spacial score (nSPS) is 18.9. The summed E-state index contributed by atoms with van der Waals surface area (Å²) in [6.45, 7) is 7.19. The van der Waals surface area contributed by atoms with Crippen LogP contribution in [0.2, 0.25) is 5.02 Å². The Kier molecular flexibility index (Phi) is 3.28. The molecule has 3 nitrogen and oxygen atoms in total. The number of fused-ring (bicyclic) bond motifs is 1. The second-order valence-electron chi connectivity index (χ2n) is 5.29. The Balaban J connectivity index is 2.53. The van der Waals surface area contributed by atoms with Gasteiger partial charge in [0.1, 0.15) is 0 Å². The zero-order chi connectivity index (χ0) is 13.5. The van der Waals surface area contributed by atoms with E-state index in [0.717, 1.165) is 24.3 Å². The molecule has 1 N–H and O–H groups in total. The zero-order valence-electron chi connectivity index (χ0n) is 10.9. The second-order valence-corrected chi connectivity index (χ2v) is 5.70. The van der Waals surface area contributed by atoms with Gasteiger partial charge in [0.2, 0.25) is 0 Å². The molecule has 1 atom stereocenters. The third-order valence-electron chi connectivity index (χ3n) is 3.93. The molecule has 0 saturated heterocycles. The Morgan fingerprint density at radius 1 is 1.56 bits per heavy atom. The molecule has 1 aromatic rings. The number of hydrogen-bond donors (Lipinski definition) is 1. The lowest BCUT2D eigenvalue weighted by Gasteiger charge is -2.28. The lowest BCUT2D eigenvalue weighted by atomic mass is 9.76. The van der Waals surface area contributed by atoms with Crippen LogP contribution in [0, 0.1) is 5.41 Å². The van der Waals surface area contributed by atoms with Crippen LogP contribution in [0.5, 0.6) is 0 Å². The highest BCUT2D eigenvalue weighted by Gasteiger charge is 2.44. The molecule has 1 aliphatic heterocycles.